The van der Waals surface area contributed by atoms with Crippen molar-refractivity contribution in [3.8, 4) is 28.5 Å². The first-order valence-electron chi connectivity index (χ1n) is 13.3. The molecule has 0 unspecified atom stereocenters. The van der Waals surface area contributed by atoms with Gasteiger partial charge in [-0.1, -0.05) is 38.1 Å². The van der Waals surface area contributed by atoms with Crippen molar-refractivity contribution in [2.75, 3.05) is 0 Å². The zero-order valence-electron chi connectivity index (χ0n) is 23.7. The van der Waals surface area contributed by atoms with E-state index in [1.165, 1.54) is 64.9 Å². The fourth-order valence-electron chi connectivity index (χ4n) is 4.35. The monoisotopic (exact) mass is 622 g/mol. The quantitative estimate of drug-likeness (QED) is 0.190. The highest BCUT2D eigenvalue weighted by Crippen LogP contribution is 2.26. The molecule has 5 rings (SSSR count). The Morgan fingerprint density at radius 1 is 1.07 bits per heavy atom. The number of aromatic nitrogens is 4. The van der Waals surface area contributed by atoms with Crippen molar-refractivity contribution in [3.05, 3.63) is 112 Å². The summed E-state index contributed by atoms with van der Waals surface area (Å²) in [5.74, 6) is -0.161. The van der Waals surface area contributed by atoms with E-state index in [9.17, 15) is 22.4 Å². The van der Waals surface area contributed by atoms with E-state index in [2.05, 4.69) is 25.1 Å². The predicted octanol–water partition coefficient (Wildman–Crippen LogP) is 7.54. The molecule has 5 aromatic rings. The molecular weight excluding hydrogens is 596 g/mol. The minimum absolute atomic E-state index is 0.0671. The van der Waals surface area contributed by atoms with E-state index >= 15 is 0 Å². The number of ether oxygens (including phenoxy) is 1. The van der Waals surface area contributed by atoms with Crippen LogP contribution in [0.3, 0.4) is 0 Å². The van der Waals surface area contributed by atoms with Crippen molar-refractivity contribution in [1.82, 2.24) is 24.6 Å². The van der Waals surface area contributed by atoms with Crippen LogP contribution < -0.4 is 14.9 Å². The van der Waals surface area contributed by atoms with Gasteiger partial charge in [0.1, 0.15) is 17.9 Å². The molecule has 0 fully saturated rings. The molecule has 2 amide bonds. The van der Waals surface area contributed by atoms with E-state index in [1.54, 1.807) is 24.3 Å². The van der Waals surface area contributed by atoms with Crippen LogP contribution in [0, 0.1) is 12.7 Å². The molecule has 0 bridgehead atoms. The third-order valence-corrected chi connectivity index (χ3v) is 7.35. The number of carbonyl (C=O) groups is 1. The SMILES string of the molecule is Cc1csc(=NC(=O)N/C=C/c2ccc(-c3ncn(-c4ccc(OC(F)(F)F)cc4)n3)cc2)n1-c1ccc(F)cc1C(C)C. The number of halogens is 4. The highest BCUT2D eigenvalue weighted by molar-refractivity contribution is 7.07. The largest absolute Gasteiger partial charge is 0.573 e. The third kappa shape index (κ3) is 7.29. The molecule has 13 heteroatoms. The second-order valence-corrected chi connectivity index (χ2v) is 10.8. The standard InChI is InChI=1S/C31H26F4N6O2S/c1-19(2)26-16-23(32)8-13-27(26)41-20(3)17-44-30(41)38-29(42)36-15-14-21-4-6-22(7-5-21)28-37-18-40(39-28)24-9-11-25(12-10-24)43-31(33,34)35/h4-19H,1-3H3,(H,36,42)/b15-14+,38-30?. The second kappa shape index (κ2) is 12.7. The topological polar surface area (TPSA) is 86.3 Å². The molecule has 0 aliphatic rings. The maximum atomic E-state index is 13.9. The van der Waals surface area contributed by atoms with E-state index in [-0.39, 0.29) is 17.5 Å². The molecule has 1 N–H and O–H groups in total. The molecule has 0 saturated carbocycles. The fourth-order valence-corrected chi connectivity index (χ4v) is 5.21. The molecule has 226 valence electrons. The van der Waals surface area contributed by atoms with Crippen LogP contribution in [-0.4, -0.2) is 31.7 Å². The van der Waals surface area contributed by atoms with Gasteiger partial charge in [-0.3, -0.25) is 4.57 Å². The smallest absolute Gasteiger partial charge is 0.406 e. The third-order valence-electron chi connectivity index (χ3n) is 6.41. The van der Waals surface area contributed by atoms with Gasteiger partial charge in [-0.25, -0.2) is 18.9 Å². The number of nitrogens with zero attached hydrogens (tertiary/aromatic N) is 5. The zero-order chi connectivity index (χ0) is 31.4. The average Bonchev–Trinajstić information content (AvgIpc) is 3.60. The lowest BCUT2D eigenvalue weighted by molar-refractivity contribution is -0.274. The van der Waals surface area contributed by atoms with Gasteiger partial charge in [0, 0.05) is 22.8 Å². The number of benzene rings is 3. The molecule has 3 aromatic carbocycles. The summed E-state index contributed by atoms with van der Waals surface area (Å²) in [6.45, 7) is 5.86. The van der Waals surface area contributed by atoms with Crippen molar-refractivity contribution >= 4 is 23.4 Å². The Bertz CT molecular complexity index is 1870. The Morgan fingerprint density at radius 3 is 2.48 bits per heavy atom. The van der Waals surface area contributed by atoms with Crippen molar-refractivity contribution in [1.29, 1.82) is 0 Å². The highest BCUT2D eigenvalue weighted by atomic mass is 32.1. The summed E-state index contributed by atoms with van der Waals surface area (Å²) in [6, 6.07) is 16.6. The maximum absolute atomic E-state index is 13.9. The first kappa shape index (κ1) is 30.4. The first-order chi connectivity index (χ1) is 21.0. The van der Waals surface area contributed by atoms with Crippen LogP contribution in [0.1, 0.15) is 36.6 Å². The lowest BCUT2D eigenvalue weighted by Gasteiger charge is -2.15. The maximum Gasteiger partial charge on any atom is 0.573 e. The minimum Gasteiger partial charge on any atom is -0.406 e. The van der Waals surface area contributed by atoms with Crippen molar-refractivity contribution in [2.45, 2.75) is 33.1 Å². The molecule has 2 heterocycles. The number of thiazole rings is 1. The number of nitrogens with one attached hydrogen (secondary N) is 1. The Kier molecular flexibility index (Phi) is 8.76. The van der Waals surface area contributed by atoms with Crippen LogP contribution in [0.4, 0.5) is 22.4 Å². The average molecular weight is 623 g/mol. The molecular formula is C31H26F4N6O2S. The Hall–Kier alpha value is -5.04. The molecule has 0 radical (unpaired) electrons. The summed E-state index contributed by atoms with van der Waals surface area (Å²) >= 11 is 1.31. The molecule has 2 aromatic heterocycles. The van der Waals surface area contributed by atoms with Crippen LogP contribution in [0.15, 0.2) is 89.6 Å². The minimum atomic E-state index is -4.76. The number of urea groups is 1. The van der Waals surface area contributed by atoms with E-state index in [4.69, 9.17) is 0 Å². The van der Waals surface area contributed by atoms with Crippen molar-refractivity contribution in [3.63, 3.8) is 0 Å². The summed E-state index contributed by atoms with van der Waals surface area (Å²) < 4.78 is 58.3. The fraction of sp³-hybridized carbons (Fsp3) is 0.161. The summed E-state index contributed by atoms with van der Waals surface area (Å²) in [4.78, 5) is 21.6. The van der Waals surface area contributed by atoms with Gasteiger partial charge < -0.3 is 10.1 Å². The molecule has 8 nitrogen and oxygen atoms in total. The Labute approximate surface area is 253 Å². The summed E-state index contributed by atoms with van der Waals surface area (Å²) in [5.41, 5.74) is 4.49. The molecule has 0 saturated heterocycles. The summed E-state index contributed by atoms with van der Waals surface area (Å²) in [7, 11) is 0. The van der Waals surface area contributed by atoms with Crippen molar-refractivity contribution < 1.29 is 27.1 Å². The number of alkyl halides is 3. The van der Waals surface area contributed by atoms with E-state index < -0.39 is 12.4 Å². The van der Waals surface area contributed by atoms with Crippen LogP contribution in [0.2, 0.25) is 0 Å². The van der Waals surface area contributed by atoms with Crippen LogP contribution >= 0.6 is 11.3 Å². The number of amides is 2. The van der Waals surface area contributed by atoms with E-state index in [0.29, 0.717) is 16.3 Å². The van der Waals surface area contributed by atoms with E-state index in [1.807, 2.05) is 42.9 Å². The van der Waals surface area contributed by atoms with E-state index in [0.717, 1.165) is 28.1 Å². The number of aryl methyl sites for hydroxylation is 1. The molecule has 0 aliphatic carbocycles. The second-order valence-electron chi connectivity index (χ2n) is 9.92. The van der Waals surface area contributed by atoms with Crippen molar-refractivity contribution in [2.24, 2.45) is 4.99 Å². The molecule has 0 spiro atoms. The van der Waals surface area contributed by atoms with Gasteiger partial charge in [-0.2, -0.15) is 4.99 Å². The Balaban J connectivity index is 1.24. The van der Waals surface area contributed by atoms with Crippen LogP contribution in [0.25, 0.3) is 28.8 Å². The lowest BCUT2D eigenvalue weighted by Crippen LogP contribution is -2.22. The number of hydrogen-bond donors (Lipinski definition) is 1. The van der Waals surface area contributed by atoms with Gasteiger partial charge in [-0.05, 0) is 72.5 Å². The van der Waals surface area contributed by atoms with Gasteiger partial charge in [0.2, 0.25) is 0 Å². The van der Waals surface area contributed by atoms with Crippen LogP contribution in [0.5, 0.6) is 5.75 Å². The lowest BCUT2D eigenvalue weighted by atomic mass is 10.0. The molecule has 0 aliphatic heterocycles. The Morgan fingerprint density at radius 2 is 1.80 bits per heavy atom. The molecule has 44 heavy (non-hydrogen) atoms. The summed E-state index contributed by atoms with van der Waals surface area (Å²) in [6.07, 6.45) is -0.109. The highest BCUT2D eigenvalue weighted by Gasteiger charge is 2.31. The number of carbonyl (C=O) groups excluding carboxylic acids is 1. The summed E-state index contributed by atoms with van der Waals surface area (Å²) in [5, 5.41) is 8.93. The van der Waals surface area contributed by atoms with Gasteiger partial charge in [0.15, 0.2) is 10.6 Å². The number of hydrogen-bond acceptors (Lipinski definition) is 5. The van der Waals surface area contributed by atoms with Gasteiger partial charge in [0.25, 0.3) is 0 Å². The van der Waals surface area contributed by atoms with Crippen LogP contribution in [-0.2, 0) is 0 Å². The normalized spacial score (nSPS) is 12.3. The number of rotatable bonds is 7. The first-order valence-corrected chi connectivity index (χ1v) is 14.2. The zero-order valence-corrected chi connectivity index (χ0v) is 24.5. The molecule has 0 atom stereocenters. The van der Waals surface area contributed by atoms with Gasteiger partial charge in [0.05, 0.1) is 11.4 Å². The van der Waals surface area contributed by atoms with Gasteiger partial charge >= 0.3 is 12.4 Å². The predicted molar refractivity (Wildman–Crippen MR) is 159 cm³/mol. The van der Waals surface area contributed by atoms with Gasteiger partial charge in [-0.15, -0.1) is 29.6 Å².